The van der Waals surface area contributed by atoms with Gasteiger partial charge in [0, 0.05) is 35.5 Å². The van der Waals surface area contributed by atoms with Gasteiger partial charge in [-0.15, -0.1) is 9.78 Å². The lowest BCUT2D eigenvalue weighted by molar-refractivity contribution is -0.728. The Balaban J connectivity index is 0.00000423. The Hall–Kier alpha value is -4.70. The van der Waals surface area contributed by atoms with E-state index in [9.17, 15) is 19.1 Å². The predicted octanol–water partition coefficient (Wildman–Crippen LogP) is -1.22. The summed E-state index contributed by atoms with van der Waals surface area (Å²) >= 11 is 0. The standard InChI is InChI=1S/C26H28F2N9O5.ClH/c1-3-41-25(39)42-17-33-15-30-34(16-33)13-26(40,22-9-4-19(27)12-23(22)28)18(2)35-10-11-36(24(35)38)20-5-7-21(8-6-20)37-14-29-31-32-37;/h4-9,12,14-16,18,40H,3,10-11,13,17H2,1-2H3;1H/q+1;/p-1/t18-,26+;/m1./s1. The molecular formula is C26H28ClF2N9O5. The molecule has 1 fully saturated rings. The molecular weight excluding hydrogens is 592 g/mol. The van der Waals surface area contributed by atoms with Crippen LogP contribution in [0.25, 0.3) is 5.69 Å². The Morgan fingerprint density at radius 2 is 1.88 bits per heavy atom. The maximum absolute atomic E-state index is 15.1. The number of ether oxygens (including phenoxy) is 2. The van der Waals surface area contributed by atoms with Crippen LogP contribution in [-0.4, -0.2) is 77.9 Å². The molecule has 2 aromatic carbocycles. The first kappa shape index (κ1) is 31.2. The van der Waals surface area contributed by atoms with Gasteiger partial charge in [-0.05, 0) is 54.6 Å². The summed E-state index contributed by atoms with van der Waals surface area (Å²) in [4.78, 5) is 28.1. The van der Waals surface area contributed by atoms with E-state index in [4.69, 9.17) is 9.47 Å². The highest BCUT2D eigenvalue weighted by Gasteiger charge is 2.47. The van der Waals surface area contributed by atoms with Crippen LogP contribution in [0.2, 0.25) is 0 Å². The average Bonchev–Trinajstić information content (AvgIpc) is 3.74. The van der Waals surface area contributed by atoms with Crippen LogP contribution < -0.4 is 21.9 Å². The van der Waals surface area contributed by atoms with E-state index in [0.717, 1.165) is 12.1 Å². The number of carbonyl (C=O) groups excluding carboxylic acids is 2. The van der Waals surface area contributed by atoms with E-state index >= 15 is 4.39 Å². The summed E-state index contributed by atoms with van der Waals surface area (Å²) in [6, 6.07) is 8.48. The Kier molecular flexibility index (Phi) is 9.50. The van der Waals surface area contributed by atoms with Crippen LogP contribution in [-0.2, 0) is 28.4 Å². The Labute approximate surface area is 250 Å². The number of carbonyl (C=O) groups is 2. The van der Waals surface area contributed by atoms with Crippen LogP contribution in [0.3, 0.4) is 0 Å². The third kappa shape index (κ3) is 6.54. The van der Waals surface area contributed by atoms with E-state index in [1.165, 1.54) is 42.7 Å². The summed E-state index contributed by atoms with van der Waals surface area (Å²) in [5.74, 6) is -1.79. The van der Waals surface area contributed by atoms with Crippen molar-refractivity contribution in [1.82, 2.24) is 34.9 Å². The van der Waals surface area contributed by atoms with Gasteiger partial charge in [0.1, 0.15) is 30.1 Å². The molecule has 228 valence electrons. The van der Waals surface area contributed by atoms with Crippen molar-refractivity contribution in [2.75, 3.05) is 24.6 Å². The van der Waals surface area contributed by atoms with Crippen LogP contribution >= 0.6 is 0 Å². The molecule has 1 N–H and O–H groups in total. The van der Waals surface area contributed by atoms with E-state index in [-0.39, 0.29) is 44.4 Å². The van der Waals surface area contributed by atoms with Gasteiger partial charge in [-0.25, -0.2) is 27.6 Å². The number of halogens is 3. The van der Waals surface area contributed by atoms with E-state index in [2.05, 4.69) is 20.6 Å². The van der Waals surface area contributed by atoms with Crippen molar-refractivity contribution in [3.63, 3.8) is 0 Å². The minimum Gasteiger partial charge on any atom is -1.00 e. The van der Waals surface area contributed by atoms with Gasteiger partial charge < -0.3 is 31.9 Å². The quantitative estimate of drug-likeness (QED) is 0.171. The molecule has 0 bridgehead atoms. The summed E-state index contributed by atoms with van der Waals surface area (Å²) in [5.41, 5.74) is -0.943. The maximum Gasteiger partial charge on any atom is 0.510 e. The topological polar surface area (TPSA) is 145 Å². The van der Waals surface area contributed by atoms with Crippen molar-refractivity contribution in [2.45, 2.75) is 38.8 Å². The van der Waals surface area contributed by atoms with Crippen LogP contribution in [0.15, 0.2) is 61.4 Å². The SMILES string of the molecule is CCOC(=O)OC[n+]1cnn(C[C@@](O)(c2ccc(F)cc2F)[C@@H](C)N2CCN(c3ccc(-n4cnnn4)cc3)C2=O)c1.[Cl-]. The van der Waals surface area contributed by atoms with Gasteiger partial charge in [-0.2, -0.15) is 0 Å². The molecule has 3 heterocycles. The number of hydrogen-bond donors (Lipinski definition) is 1. The fourth-order valence-electron chi connectivity index (χ4n) is 4.80. The Bertz CT molecular complexity index is 1560. The number of amides is 2. The molecule has 14 nitrogen and oxygen atoms in total. The number of aromatic nitrogens is 7. The number of nitrogens with zero attached hydrogens (tertiary/aromatic N) is 9. The van der Waals surface area contributed by atoms with E-state index in [1.54, 1.807) is 38.1 Å². The molecule has 43 heavy (non-hydrogen) atoms. The zero-order chi connectivity index (χ0) is 29.9. The van der Waals surface area contributed by atoms with E-state index < -0.39 is 35.5 Å². The second-order valence-corrected chi connectivity index (χ2v) is 9.54. The second kappa shape index (κ2) is 13.1. The van der Waals surface area contributed by atoms with Gasteiger partial charge in [0.2, 0.25) is 13.1 Å². The van der Waals surface area contributed by atoms with Gasteiger partial charge in [0.15, 0.2) is 0 Å². The van der Waals surface area contributed by atoms with E-state index in [1.807, 2.05) is 0 Å². The molecule has 0 aliphatic carbocycles. The van der Waals surface area contributed by atoms with Crippen LogP contribution in [0.4, 0.5) is 24.1 Å². The third-order valence-corrected chi connectivity index (χ3v) is 7.00. The normalized spacial score (nSPS) is 15.1. The highest BCUT2D eigenvalue weighted by atomic mass is 35.5. The molecule has 1 aliphatic heterocycles. The first-order valence-electron chi connectivity index (χ1n) is 13.0. The summed E-state index contributed by atoms with van der Waals surface area (Å²) in [6.07, 6.45) is 3.36. The summed E-state index contributed by atoms with van der Waals surface area (Å²) < 4.78 is 42.8. The second-order valence-electron chi connectivity index (χ2n) is 9.54. The van der Waals surface area contributed by atoms with Crippen molar-refractivity contribution >= 4 is 17.9 Å². The molecule has 1 saturated heterocycles. The van der Waals surface area contributed by atoms with Gasteiger partial charge in [-0.1, -0.05) is 6.07 Å². The molecule has 17 heteroatoms. The predicted molar refractivity (Wildman–Crippen MR) is 139 cm³/mol. The number of benzene rings is 2. The monoisotopic (exact) mass is 619 g/mol. The lowest BCUT2D eigenvalue weighted by Gasteiger charge is -2.38. The molecule has 2 amide bonds. The van der Waals surface area contributed by atoms with Gasteiger partial charge >= 0.3 is 12.2 Å². The Morgan fingerprint density at radius 1 is 1.14 bits per heavy atom. The third-order valence-electron chi connectivity index (χ3n) is 7.00. The summed E-state index contributed by atoms with van der Waals surface area (Å²) in [6.45, 7) is 3.38. The Morgan fingerprint density at radius 3 is 2.56 bits per heavy atom. The van der Waals surface area contributed by atoms with Crippen molar-refractivity contribution < 1.29 is 49.9 Å². The van der Waals surface area contributed by atoms with Crippen LogP contribution in [0.5, 0.6) is 0 Å². The number of hydrogen-bond acceptors (Lipinski definition) is 9. The zero-order valence-corrected chi connectivity index (χ0v) is 23.9. The zero-order valence-electron chi connectivity index (χ0n) is 23.1. The molecule has 5 rings (SSSR count). The van der Waals surface area contributed by atoms with Crippen LogP contribution in [0.1, 0.15) is 19.4 Å². The first-order valence-corrected chi connectivity index (χ1v) is 13.0. The lowest BCUT2D eigenvalue weighted by atomic mass is 9.85. The highest BCUT2D eigenvalue weighted by molar-refractivity contribution is 5.94. The number of rotatable bonds is 10. The molecule has 0 radical (unpaired) electrons. The smallest absolute Gasteiger partial charge is 0.510 e. The van der Waals surface area contributed by atoms with Crippen molar-refractivity contribution in [1.29, 1.82) is 0 Å². The van der Waals surface area contributed by atoms with E-state index in [0.29, 0.717) is 24.0 Å². The summed E-state index contributed by atoms with van der Waals surface area (Å²) in [7, 11) is 0. The number of aliphatic hydroxyl groups is 1. The molecule has 0 spiro atoms. The first-order chi connectivity index (χ1) is 20.2. The molecule has 2 aromatic heterocycles. The number of tetrazole rings is 1. The minimum absolute atomic E-state index is 0. The van der Waals surface area contributed by atoms with Crippen molar-refractivity contribution in [2.24, 2.45) is 0 Å². The van der Waals surface area contributed by atoms with Crippen molar-refractivity contribution in [3.05, 3.63) is 78.6 Å². The number of anilines is 1. The average molecular weight is 620 g/mol. The molecule has 4 aromatic rings. The fourth-order valence-corrected chi connectivity index (χ4v) is 4.80. The van der Waals surface area contributed by atoms with Gasteiger partial charge in [0.25, 0.3) is 6.33 Å². The van der Waals surface area contributed by atoms with Crippen LogP contribution in [0, 0.1) is 11.6 Å². The fraction of sp³-hybridized carbons (Fsp3) is 0.346. The summed E-state index contributed by atoms with van der Waals surface area (Å²) in [5, 5.41) is 27.3. The van der Waals surface area contributed by atoms with Crippen molar-refractivity contribution in [3.8, 4) is 5.69 Å². The highest BCUT2D eigenvalue weighted by Crippen LogP contribution is 2.35. The number of urea groups is 1. The molecule has 0 saturated carbocycles. The molecule has 1 aliphatic rings. The lowest BCUT2D eigenvalue weighted by Crippen LogP contribution is -3.00. The largest absolute Gasteiger partial charge is 1.00 e. The maximum atomic E-state index is 15.1. The molecule has 2 atom stereocenters. The molecule has 0 unspecified atom stereocenters. The minimum atomic E-state index is -2.04. The van der Waals surface area contributed by atoms with Gasteiger partial charge in [-0.3, -0.25) is 4.90 Å². The van der Waals surface area contributed by atoms with Gasteiger partial charge in [0.05, 0.1) is 18.3 Å².